The molecule has 1 saturated heterocycles. The van der Waals surface area contributed by atoms with Crippen LogP contribution in [-0.2, 0) is 11.3 Å². The molecule has 0 aliphatic carbocycles. The molecule has 0 amide bonds. The number of nitrogens with zero attached hydrogens (tertiary/aromatic N) is 3. The number of benzene rings is 1. The summed E-state index contributed by atoms with van der Waals surface area (Å²) >= 11 is 0. The maximum absolute atomic E-state index is 10.1. The Morgan fingerprint density at radius 1 is 1.40 bits per heavy atom. The summed E-state index contributed by atoms with van der Waals surface area (Å²) in [6, 6.07) is 10.8. The second kappa shape index (κ2) is 8.12. The van der Waals surface area contributed by atoms with Gasteiger partial charge in [0, 0.05) is 38.7 Å². The van der Waals surface area contributed by atoms with E-state index in [1.54, 1.807) is 31.4 Å². The number of aromatic nitrogens is 1. The Hall–Kier alpha value is -2.40. The van der Waals surface area contributed by atoms with Crippen molar-refractivity contribution in [1.82, 2.24) is 10.1 Å². The predicted molar refractivity (Wildman–Crippen MR) is 89.1 cm³/mol. The van der Waals surface area contributed by atoms with Crippen LogP contribution in [0.25, 0.3) is 0 Å². The second-order valence-corrected chi connectivity index (χ2v) is 6.17. The van der Waals surface area contributed by atoms with Crippen LogP contribution in [-0.4, -0.2) is 54.6 Å². The first kappa shape index (κ1) is 17.4. The predicted octanol–water partition coefficient (Wildman–Crippen LogP) is 1.53. The molecule has 1 aliphatic heterocycles. The van der Waals surface area contributed by atoms with Crippen molar-refractivity contribution in [2.45, 2.75) is 18.6 Å². The standard InChI is InChI=1S/C18H21N3O4/c1-23-12-17-6-18(20-25-17)14-8-21(9-14)10-15(22)11-24-16-4-2-13(7-19)3-5-16/h2-6,14-15,22H,8-12H2,1H3. The first-order chi connectivity index (χ1) is 12.2. The topological polar surface area (TPSA) is 91.8 Å². The molecule has 7 heteroatoms. The van der Waals surface area contributed by atoms with E-state index in [1.807, 2.05) is 6.07 Å². The number of rotatable bonds is 8. The zero-order chi connectivity index (χ0) is 17.6. The van der Waals surface area contributed by atoms with Crippen molar-refractivity contribution in [3.8, 4) is 11.8 Å². The number of aliphatic hydroxyl groups excluding tert-OH is 1. The maximum atomic E-state index is 10.1. The fourth-order valence-electron chi connectivity index (χ4n) is 2.81. The molecule has 1 atom stereocenters. The summed E-state index contributed by atoms with van der Waals surface area (Å²) < 4.78 is 15.8. The molecule has 25 heavy (non-hydrogen) atoms. The van der Waals surface area contributed by atoms with Crippen molar-refractivity contribution < 1.29 is 19.1 Å². The SMILES string of the molecule is COCc1cc(C2CN(CC(O)COc3ccc(C#N)cc3)C2)no1. The Kier molecular flexibility index (Phi) is 5.66. The van der Waals surface area contributed by atoms with E-state index < -0.39 is 6.10 Å². The van der Waals surface area contributed by atoms with Gasteiger partial charge >= 0.3 is 0 Å². The molecule has 1 aromatic carbocycles. The van der Waals surface area contributed by atoms with Crippen LogP contribution >= 0.6 is 0 Å². The van der Waals surface area contributed by atoms with Gasteiger partial charge in [-0.1, -0.05) is 5.16 Å². The van der Waals surface area contributed by atoms with E-state index in [4.69, 9.17) is 19.3 Å². The zero-order valence-electron chi connectivity index (χ0n) is 14.1. The largest absolute Gasteiger partial charge is 0.491 e. The molecule has 0 spiro atoms. The molecule has 0 radical (unpaired) electrons. The average molecular weight is 343 g/mol. The van der Waals surface area contributed by atoms with Gasteiger partial charge in [-0.15, -0.1) is 0 Å². The molecule has 1 aromatic heterocycles. The molecule has 7 nitrogen and oxygen atoms in total. The number of ether oxygens (including phenoxy) is 2. The van der Waals surface area contributed by atoms with E-state index in [2.05, 4.69) is 16.1 Å². The van der Waals surface area contributed by atoms with Crippen molar-refractivity contribution in [2.24, 2.45) is 0 Å². The van der Waals surface area contributed by atoms with Gasteiger partial charge in [0.2, 0.25) is 0 Å². The number of likely N-dealkylation sites (tertiary alicyclic amines) is 1. The van der Waals surface area contributed by atoms with Crippen molar-refractivity contribution >= 4 is 0 Å². The molecule has 2 heterocycles. The Labute approximate surface area is 146 Å². The van der Waals surface area contributed by atoms with Crippen molar-refractivity contribution in [1.29, 1.82) is 5.26 Å². The summed E-state index contributed by atoms with van der Waals surface area (Å²) in [5.74, 6) is 1.71. The van der Waals surface area contributed by atoms with Crippen LogP contribution in [0.3, 0.4) is 0 Å². The van der Waals surface area contributed by atoms with Gasteiger partial charge in [0.15, 0.2) is 5.76 Å². The van der Waals surface area contributed by atoms with Crippen LogP contribution in [0.5, 0.6) is 5.75 Å². The maximum Gasteiger partial charge on any atom is 0.162 e. The minimum Gasteiger partial charge on any atom is -0.491 e. The first-order valence-corrected chi connectivity index (χ1v) is 8.15. The Bertz CT molecular complexity index is 717. The highest BCUT2D eigenvalue weighted by atomic mass is 16.5. The van der Waals surface area contributed by atoms with Crippen LogP contribution < -0.4 is 4.74 Å². The lowest BCUT2D eigenvalue weighted by Gasteiger charge is -2.39. The van der Waals surface area contributed by atoms with Gasteiger partial charge in [-0.25, -0.2) is 0 Å². The lowest BCUT2D eigenvalue weighted by atomic mass is 9.96. The van der Waals surface area contributed by atoms with E-state index in [1.165, 1.54) is 0 Å². The number of aliphatic hydroxyl groups is 1. The summed E-state index contributed by atoms with van der Waals surface area (Å²) in [7, 11) is 1.62. The third-order valence-electron chi connectivity index (χ3n) is 4.13. The van der Waals surface area contributed by atoms with Crippen LogP contribution in [0.1, 0.15) is 22.9 Å². The van der Waals surface area contributed by atoms with Gasteiger partial charge in [-0.05, 0) is 24.3 Å². The zero-order valence-corrected chi connectivity index (χ0v) is 14.1. The van der Waals surface area contributed by atoms with E-state index in [0.29, 0.717) is 30.4 Å². The van der Waals surface area contributed by atoms with Crippen LogP contribution in [0.4, 0.5) is 0 Å². The summed E-state index contributed by atoms with van der Waals surface area (Å²) in [5, 5.41) is 22.9. The molecular formula is C18H21N3O4. The molecule has 0 bridgehead atoms. The Morgan fingerprint density at radius 2 is 2.16 bits per heavy atom. The molecule has 1 N–H and O–H groups in total. The number of hydrogen-bond donors (Lipinski definition) is 1. The van der Waals surface area contributed by atoms with Crippen molar-refractivity contribution in [3.63, 3.8) is 0 Å². The molecular weight excluding hydrogens is 322 g/mol. The van der Waals surface area contributed by atoms with Gasteiger partial charge in [0.1, 0.15) is 25.1 Å². The van der Waals surface area contributed by atoms with E-state index in [-0.39, 0.29) is 6.61 Å². The fourth-order valence-corrected chi connectivity index (χ4v) is 2.81. The third kappa shape index (κ3) is 4.57. The van der Waals surface area contributed by atoms with Crippen LogP contribution in [0.2, 0.25) is 0 Å². The summed E-state index contributed by atoms with van der Waals surface area (Å²) in [4.78, 5) is 2.15. The molecule has 0 saturated carbocycles. The summed E-state index contributed by atoms with van der Waals surface area (Å²) in [6.07, 6.45) is -0.571. The highest BCUT2D eigenvalue weighted by Gasteiger charge is 2.31. The number of nitriles is 1. The highest BCUT2D eigenvalue weighted by molar-refractivity contribution is 5.34. The molecule has 132 valence electrons. The quantitative estimate of drug-likeness (QED) is 0.777. The summed E-state index contributed by atoms with van der Waals surface area (Å²) in [6.45, 7) is 2.87. The number of hydrogen-bond acceptors (Lipinski definition) is 7. The first-order valence-electron chi connectivity index (χ1n) is 8.15. The van der Waals surface area contributed by atoms with Crippen molar-refractivity contribution in [3.05, 3.63) is 47.3 Å². The molecule has 1 aliphatic rings. The average Bonchev–Trinajstić information content (AvgIpc) is 3.04. The molecule has 3 rings (SSSR count). The minimum absolute atomic E-state index is 0.217. The minimum atomic E-state index is -0.571. The highest BCUT2D eigenvalue weighted by Crippen LogP contribution is 2.26. The van der Waals surface area contributed by atoms with Gasteiger partial charge < -0.3 is 19.1 Å². The molecule has 1 unspecified atom stereocenters. The van der Waals surface area contributed by atoms with E-state index >= 15 is 0 Å². The Balaban J connectivity index is 1.38. The summed E-state index contributed by atoms with van der Waals surface area (Å²) in [5.41, 5.74) is 1.52. The number of methoxy groups -OCH3 is 1. The lowest BCUT2D eigenvalue weighted by Crippen LogP contribution is -2.49. The third-order valence-corrected chi connectivity index (χ3v) is 4.13. The van der Waals surface area contributed by atoms with Crippen molar-refractivity contribution in [2.75, 3.05) is 33.4 Å². The van der Waals surface area contributed by atoms with Crippen LogP contribution in [0.15, 0.2) is 34.9 Å². The monoisotopic (exact) mass is 343 g/mol. The number of β-amino-alcohol motifs (C(OH)–C–C–N with tert-alkyl or cyclic N) is 1. The fraction of sp³-hybridized carbons (Fsp3) is 0.444. The van der Waals surface area contributed by atoms with Gasteiger partial charge in [0.05, 0.1) is 17.3 Å². The molecule has 2 aromatic rings. The van der Waals surface area contributed by atoms with Crippen LogP contribution in [0, 0.1) is 11.3 Å². The van der Waals surface area contributed by atoms with E-state index in [0.717, 1.165) is 24.5 Å². The smallest absolute Gasteiger partial charge is 0.162 e. The van der Waals surface area contributed by atoms with Gasteiger partial charge in [0.25, 0.3) is 0 Å². The lowest BCUT2D eigenvalue weighted by molar-refractivity contribution is 0.0361. The van der Waals surface area contributed by atoms with Gasteiger partial charge in [-0.2, -0.15) is 5.26 Å². The van der Waals surface area contributed by atoms with E-state index in [9.17, 15) is 5.11 Å². The molecule has 1 fully saturated rings. The Morgan fingerprint density at radius 3 is 2.84 bits per heavy atom. The normalized spacial score (nSPS) is 16.2. The van der Waals surface area contributed by atoms with Gasteiger partial charge in [-0.3, -0.25) is 4.90 Å². The second-order valence-electron chi connectivity index (χ2n) is 6.17.